The molecule has 0 spiro atoms. The van der Waals surface area contributed by atoms with Crippen molar-refractivity contribution in [1.29, 1.82) is 0 Å². The summed E-state index contributed by atoms with van der Waals surface area (Å²) >= 11 is 7.94. The number of carboxylic acid groups (broad SMARTS) is 1. The second kappa shape index (κ2) is 12.6. The van der Waals surface area contributed by atoms with Crippen LogP contribution in [-0.4, -0.2) is 32.5 Å². The monoisotopic (exact) mass is 545 g/mol. The molecule has 0 amide bonds. The molecular formula is C32H32ClNO3S. The zero-order chi connectivity index (χ0) is 27.1. The van der Waals surface area contributed by atoms with Gasteiger partial charge in [-0.1, -0.05) is 72.3 Å². The number of pyridine rings is 1. The third kappa shape index (κ3) is 7.94. The number of rotatable bonds is 11. The molecule has 38 heavy (non-hydrogen) atoms. The molecule has 0 saturated heterocycles. The van der Waals surface area contributed by atoms with E-state index in [1.165, 1.54) is 5.56 Å². The summed E-state index contributed by atoms with van der Waals surface area (Å²) in [6, 6.07) is 25.4. The first-order chi connectivity index (χ1) is 18.2. The number of aromatic nitrogens is 1. The van der Waals surface area contributed by atoms with Gasteiger partial charge in [-0.2, -0.15) is 11.8 Å². The van der Waals surface area contributed by atoms with Crippen molar-refractivity contribution in [2.24, 2.45) is 0 Å². The van der Waals surface area contributed by atoms with E-state index in [1.54, 1.807) is 23.9 Å². The van der Waals surface area contributed by atoms with Crippen LogP contribution in [0.25, 0.3) is 23.1 Å². The Kier molecular flexibility index (Phi) is 9.26. The smallest absolute Gasteiger partial charge is 0.335 e. The second-order valence-electron chi connectivity index (χ2n) is 10.00. The van der Waals surface area contributed by atoms with Crippen molar-refractivity contribution in [2.75, 3.05) is 5.75 Å². The summed E-state index contributed by atoms with van der Waals surface area (Å²) in [6.07, 6.45) is 6.18. The zero-order valence-corrected chi connectivity index (χ0v) is 23.2. The molecule has 4 rings (SSSR count). The molecule has 4 nitrogen and oxygen atoms in total. The fraction of sp³-hybridized carbons (Fsp3) is 0.250. The maximum absolute atomic E-state index is 11.7. The molecule has 196 valence electrons. The fourth-order valence-electron chi connectivity index (χ4n) is 4.27. The van der Waals surface area contributed by atoms with E-state index < -0.39 is 11.6 Å². The highest BCUT2D eigenvalue weighted by atomic mass is 35.5. The lowest BCUT2D eigenvalue weighted by molar-refractivity contribution is 0.0694. The third-order valence-electron chi connectivity index (χ3n) is 6.36. The van der Waals surface area contributed by atoms with Crippen LogP contribution in [0.4, 0.5) is 0 Å². The van der Waals surface area contributed by atoms with Crippen LogP contribution in [0.2, 0.25) is 5.02 Å². The highest BCUT2D eigenvalue weighted by Crippen LogP contribution is 2.35. The van der Waals surface area contributed by atoms with Gasteiger partial charge in [0.2, 0.25) is 0 Å². The Hall–Kier alpha value is -3.12. The number of carboxylic acids is 1. The molecule has 0 bridgehead atoms. The summed E-state index contributed by atoms with van der Waals surface area (Å²) in [5.41, 5.74) is 4.42. The summed E-state index contributed by atoms with van der Waals surface area (Å²) < 4.78 is 0. The van der Waals surface area contributed by atoms with Crippen molar-refractivity contribution in [3.63, 3.8) is 0 Å². The molecule has 0 fully saturated rings. The maximum Gasteiger partial charge on any atom is 0.335 e. The second-order valence-corrected chi connectivity index (χ2v) is 11.7. The number of nitrogens with zero attached hydrogens (tertiary/aromatic N) is 1. The van der Waals surface area contributed by atoms with Gasteiger partial charge in [0.15, 0.2) is 0 Å². The Balaban J connectivity index is 1.54. The first kappa shape index (κ1) is 27.9. The number of aliphatic hydroxyl groups is 1. The van der Waals surface area contributed by atoms with Gasteiger partial charge >= 0.3 is 5.97 Å². The Labute approximate surface area is 233 Å². The van der Waals surface area contributed by atoms with Gasteiger partial charge in [0.1, 0.15) is 0 Å². The van der Waals surface area contributed by atoms with Crippen molar-refractivity contribution < 1.29 is 15.0 Å². The highest BCUT2D eigenvalue weighted by Gasteiger charge is 2.18. The molecule has 1 heterocycles. The molecule has 2 N–H and O–H groups in total. The fourth-order valence-corrected chi connectivity index (χ4v) is 5.97. The third-order valence-corrected chi connectivity index (χ3v) is 7.95. The predicted molar refractivity (Wildman–Crippen MR) is 160 cm³/mol. The minimum absolute atomic E-state index is 0.161. The number of fused-ring (bicyclic) bond motifs is 1. The van der Waals surface area contributed by atoms with Crippen LogP contribution in [0, 0.1) is 0 Å². The van der Waals surface area contributed by atoms with Gasteiger partial charge in [0.05, 0.1) is 22.4 Å². The molecule has 0 radical (unpaired) electrons. The average Bonchev–Trinajstić information content (AvgIpc) is 2.88. The van der Waals surface area contributed by atoms with Gasteiger partial charge in [-0.15, -0.1) is 0 Å². The van der Waals surface area contributed by atoms with Crippen molar-refractivity contribution in [3.05, 3.63) is 112 Å². The normalized spacial score (nSPS) is 12.7. The van der Waals surface area contributed by atoms with Crippen LogP contribution in [0.1, 0.15) is 64.7 Å². The Morgan fingerprint density at radius 2 is 1.82 bits per heavy atom. The van der Waals surface area contributed by atoms with Gasteiger partial charge in [-0.3, -0.25) is 0 Å². The number of hydrogen-bond acceptors (Lipinski definition) is 4. The number of benzene rings is 3. The van der Waals surface area contributed by atoms with Crippen molar-refractivity contribution in [3.8, 4) is 0 Å². The Morgan fingerprint density at radius 1 is 1.03 bits per heavy atom. The summed E-state index contributed by atoms with van der Waals surface area (Å²) in [5, 5.41) is 21.7. The van der Waals surface area contributed by atoms with Crippen LogP contribution in [0.3, 0.4) is 0 Å². The summed E-state index contributed by atoms with van der Waals surface area (Å²) in [7, 11) is 0. The predicted octanol–water partition coefficient (Wildman–Crippen LogP) is 8.32. The number of thioether (sulfide) groups is 1. The number of hydrogen-bond donors (Lipinski definition) is 2. The number of carbonyl (C=O) groups is 1. The van der Waals surface area contributed by atoms with Crippen LogP contribution in [-0.2, 0) is 6.42 Å². The van der Waals surface area contributed by atoms with Gasteiger partial charge in [0, 0.05) is 15.7 Å². The lowest BCUT2D eigenvalue weighted by Crippen LogP contribution is -2.19. The largest absolute Gasteiger partial charge is 0.478 e. The lowest BCUT2D eigenvalue weighted by Gasteiger charge is -2.21. The van der Waals surface area contributed by atoms with Crippen molar-refractivity contribution in [1.82, 2.24) is 4.98 Å². The van der Waals surface area contributed by atoms with Crippen molar-refractivity contribution >= 4 is 52.4 Å². The van der Waals surface area contributed by atoms with Crippen LogP contribution in [0.5, 0.6) is 0 Å². The van der Waals surface area contributed by atoms with E-state index in [1.807, 2.05) is 62.4 Å². The number of aryl methyl sites for hydroxylation is 1. The minimum Gasteiger partial charge on any atom is -0.478 e. The highest BCUT2D eigenvalue weighted by molar-refractivity contribution is 7.99. The number of aromatic carboxylic acids is 1. The number of halogens is 1. The van der Waals surface area contributed by atoms with Gasteiger partial charge in [-0.25, -0.2) is 9.78 Å². The minimum atomic E-state index is -0.900. The summed E-state index contributed by atoms with van der Waals surface area (Å²) in [5.74, 6) is -0.0956. The van der Waals surface area contributed by atoms with Crippen molar-refractivity contribution in [2.45, 2.75) is 44.0 Å². The molecule has 4 aromatic rings. The van der Waals surface area contributed by atoms with Crippen LogP contribution in [0.15, 0.2) is 78.9 Å². The first-order valence-electron chi connectivity index (χ1n) is 12.7. The molecule has 3 aromatic carbocycles. The SMILES string of the molecule is CC(C)(O)CCSC(CCc1ccccc1C(=O)O)c1cccc(C=Cc2ccc3ccc(Cl)cc3n2)c1. The Morgan fingerprint density at radius 3 is 2.61 bits per heavy atom. The molecule has 0 aliphatic rings. The summed E-state index contributed by atoms with van der Waals surface area (Å²) in [6.45, 7) is 3.65. The van der Waals surface area contributed by atoms with E-state index in [2.05, 4.69) is 30.3 Å². The molecule has 0 aliphatic heterocycles. The summed E-state index contributed by atoms with van der Waals surface area (Å²) in [4.78, 5) is 16.4. The van der Waals surface area contributed by atoms with E-state index in [0.717, 1.165) is 39.9 Å². The zero-order valence-electron chi connectivity index (χ0n) is 21.6. The van der Waals surface area contributed by atoms with Gasteiger partial charge in [0.25, 0.3) is 0 Å². The topological polar surface area (TPSA) is 70.4 Å². The van der Waals surface area contributed by atoms with E-state index in [4.69, 9.17) is 16.6 Å². The standard InChI is InChI=1S/C32H32ClNO3S/c1-32(2,37)18-19-38-30(17-13-23-7-3-4-9-28(23)31(35)36)25-8-5-6-22(20-25)10-15-27-16-12-24-11-14-26(33)21-29(24)34-27/h3-12,14-16,20-21,30,37H,13,17-19H2,1-2H3,(H,35,36). The van der Waals surface area contributed by atoms with Gasteiger partial charge in [-0.05, 0) is 85.9 Å². The molecular weight excluding hydrogens is 514 g/mol. The lowest BCUT2D eigenvalue weighted by atomic mass is 9.98. The molecule has 1 unspecified atom stereocenters. The van der Waals surface area contributed by atoms with E-state index in [9.17, 15) is 15.0 Å². The maximum atomic E-state index is 11.7. The Bertz CT molecular complexity index is 1440. The first-order valence-corrected chi connectivity index (χ1v) is 14.1. The van der Waals surface area contributed by atoms with Crippen LogP contribution >= 0.6 is 23.4 Å². The molecule has 1 aromatic heterocycles. The molecule has 0 aliphatic carbocycles. The molecule has 0 saturated carbocycles. The van der Waals surface area contributed by atoms with Gasteiger partial charge < -0.3 is 10.2 Å². The quantitative estimate of drug-likeness (QED) is 0.198. The van der Waals surface area contributed by atoms with E-state index >= 15 is 0 Å². The van der Waals surface area contributed by atoms with Crippen LogP contribution < -0.4 is 0 Å². The molecule has 1 atom stereocenters. The van der Waals surface area contributed by atoms with E-state index in [0.29, 0.717) is 23.4 Å². The molecule has 6 heteroatoms. The van der Waals surface area contributed by atoms with E-state index in [-0.39, 0.29) is 5.25 Å². The average molecular weight is 546 g/mol.